The molecular weight excluding hydrogens is 293 g/mol. The van der Waals surface area contributed by atoms with Crippen LogP contribution in [-0.2, 0) is 4.79 Å². The number of aliphatic carboxylic acids is 1. The molecule has 0 aromatic heterocycles. The Balaban J connectivity index is 3.19. The maximum absolute atomic E-state index is 13.1. The number of hydrogen-bond donors (Lipinski definition) is 1. The summed E-state index contributed by atoms with van der Waals surface area (Å²) in [5.74, 6) is -8.45. The van der Waals surface area contributed by atoms with Crippen molar-refractivity contribution in [3.63, 3.8) is 0 Å². The Hall–Kier alpha value is -1.08. The fourth-order valence-corrected chi connectivity index (χ4v) is 1.41. The average molecular weight is 298 g/mol. The zero-order valence-corrected chi connectivity index (χ0v) is 9.17. The Morgan fingerprint density at radius 2 is 2.06 bits per heavy atom. The molecule has 1 atom stereocenters. The quantitative estimate of drug-likeness (QED) is 0.906. The van der Waals surface area contributed by atoms with Crippen LogP contribution >= 0.6 is 15.9 Å². The molecule has 0 fully saturated rings. The third-order valence-electron chi connectivity index (χ3n) is 1.87. The van der Waals surface area contributed by atoms with Crippen LogP contribution in [0.3, 0.4) is 0 Å². The van der Waals surface area contributed by atoms with Crippen molar-refractivity contribution >= 4 is 21.9 Å². The highest BCUT2D eigenvalue weighted by atomic mass is 79.9. The highest BCUT2D eigenvalue weighted by Crippen LogP contribution is 2.33. The van der Waals surface area contributed by atoms with Gasteiger partial charge in [0.1, 0.15) is 11.8 Å². The number of benzene rings is 1. The van der Waals surface area contributed by atoms with Crippen molar-refractivity contribution in [2.45, 2.75) is 12.0 Å². The van der Waals surface area contributed by atoms with Crippen molar-refractivity contribution in [1.29, 1.82) is 0 Å². The maximum atomic E-state index is 13.1. The van der Waals surface area contributed by atoms with Crippen LogP contribution in [0.25, 0.3) is 0 Å². The largest absolute Gasteiger partial charge is 0.544 e. The Labute approximate surface area is 96.6 Å². The first-order valence-electron chi connectivity index (χ1n) is 3.99. The van der Waals surface area contributed by atoms with Gasteiger partial charge in [-0.2, -0.15) is 8.78 Å². The van der Waals surface area contributed by atoms with E-state index in [1.807, 2.05) is 0 Å². The van der Waals surface area contributed by atoms with Crippen LogP contribution in [-0.4, -0.2) is 17.0 Å². The minimum Gasteiger partial charge on any atom is -0.544 e. The molecule has 1 aromatic carbocycles. The summed E-state index contributed by atoms with van der Waals surface area (Å²) in [7, 11) is 0. The smallest absolute Gasteiger partial charge is 0.316 e. The molecule has 0 spiro atoms. The Bertz CT molecular complexity index is 422. The van der Waals surface area contributed by atoms with Gasteiger partial charge in [0.15, 0.2) is 6.10 Å². The lowest BCUT2D eigenvalue weighted by atomic mass is 10.0. The van der Waals surface area contributed by atoms with Gasteiger partial charge in [-0.15, -0.1) is 0 Å². The average Bonchev–Trinajstić information content (AvgIpc) is 2.20. The molecule has 0 radical (unpaired) electrons. The van der Waals surface area contributed by atoms with Crippen molar-refractivity contribution in [1.82, 2.24) is 0 Å². The van der Waals surface area contributed by atoms with Gasteiger partial charge in [0.25, 0.3) is 0 Å². The van der Waals surface area contributed by atoms with Gasteiger partial charge in [0.2, 0.25) is 0 Å². The van der Waals surface area contributed by atoms with Crippen LogP contribution in [0.2, 0.25) is 0 Å². The number of halogens is 4. The molecule has 0 bridgehead atoms. The van der Waals surface area contributed by atoms with Crippen molar-refractivity contribution < 1.29 is 28.2 Å². The monoisotopic (exact) mass is 297 g/mol. The number of carbonyl (C=O) groups excluding carboxylic acids is 1. The van der Waals surface area contributed by atoms with Gasteiger partial charge in [-0.25, -0.2) is 4.39 Å². The minimum absolute atomic E-state index is 0.233. The number of aliphatic hydroxyl groups is 1. The molecular formula is C9H5BrF3O3-. The number of hydrogen-bond acceptors (Lipinski definition) is 3. The highest BCUT2D eigenvalue weighted by molar-refractivity contribution is 9.10. The summed E-state index contributed by atoms with van der Waals surface area (Å²) in [4.78, 5) is 10.1. The normalized spacial score (nSPS) is 13.6. The van der Waals surface area contributed by atoms with Crippen LogP contribution in [0.4, 0.5) is 13.2 Å². The number of carboxylic acid groups (broad SMARTS) is 1. The summed E-state index contributed by atoms with van der Waals surface area (Å²) in [6.45, 7) is 0. The number of carboxylic acids is 1. The first-order chi connectivity index (χ1) is 7.26. The molecule has 0 saturated heterocycles. The molecule has 1 rings (SSSR count). The third kappa shape index (κ3) is 2.35. The third-order valence-corrected chi connectivity index (χ3v) is 2.36. The second-order valence-corrected chi connectivity index (χ2v) is 3.89. The van der Waals surface area contributed by atoms with Gasteiger partial charge in [-0.05, 0) is 18.2 Å². The fraction of sp³-hybridized carbons (Fsp3) is 0.222. The number of aliphatic hydroxyl groups excluding tert-OH is 1. The van der Waals surface area contributed by atoms with E-state index in [4.69, 9.17) is 5.11 Å². The SMILES string of the molecule is O=C([O-])C(F)(F)C(O)c1cc(Br)ccc1F. The molecule has 3 nitrogen and oxygen atoms in total. The fourth-order valence-electron chi connectivity index (χ4n) is 1.03. The highest BCUT2D eigenvalue weighted by Gasteiger charge is 2.42. The van der Waals surface area contributed by atoms with E-state index in [0.29, 0.717) is 0 Å². The Kier molecular flexibility index (Phi) is 3.59. The van der Waals surface area contributed by atoms with Crippen LogP contribution in [0.15, 0.2) is 22.7 Å². The van der Waals surface area contributed by atoms with E-state index in [1.165, 1.54) is 6.07 Å². The van der Waals surface area contributed by atoms with Gasteiger partial charge in [-0.3, -0.25) is 0 Å². The molecule has 0 aliphatic heterocycles. The molecule has 1 unspecified atom stereocenters. The molecule has 0 amide bonds. The van der Waals surface area contributed by atoms with Crippen molar-refractivity contribution in [3.05, 3.63) is 34.1 Å². The molecule has 0 heterocycles. The topological polar surface area (TPSA) is 60.4 Å². The lowest BCUT2D eigenvalue weighted by Crippen LogP contribution is -2.46. The summed E-state index contributed by atoms with van der Waals surface area (Å²) in [5, 5.41) is 19.2. The van der Waals surface area contributed by atoms with Crippen molar-refractivity contribution in [2.75, 3.05) is 0 Å². The van der Waals surface area contributed by atoms with E-state index in [9.17, 15) is 23.1 Å². The zero-order chi connectivity index (χ0) is 12.5. The van der Waals surface area contributed by atoms with E-state index in [-0.39, 0.29) is 4.47 Å². The predicted octanol–water partition coefficient (Wildman–Crippen LogP) is 1.01. The van der Waals surface area contributed by atoms with Gasteiger partial charge < -0.3 is 15.0 Å². The summed E-state index contributed by atoms with van der Waals surface area (Å²) in [6.07, 6.45) is -2.80. The zero-order valence-electron chi connectivity index (χ0n) is 7.58. The van der Waals surface area contributed by atoms with E-state index >= 15 is 0 Å². The summed E-state index contributed by atoms with van der Waals surface area (Å²) in [5.41, 5.74) is -0.816. The first-order valence-corrected chi connectivity index (χ1v) is 4.78. The number of carbonyl (C=O) groups is 1. The van der Waals surface area contributed by atoms with E-state index in [0.717, 1.165) is 12.1 Å². The second kappa shape index (κ2) is 4.42. The standard InChI is InChI=1S/C9H6BrF3O3/c10-4-1-2-6(11)5(3-4)7(14)9(12,13)8(15)16/h1-3,7,14H,(H,15,16)/p-1. The molecule has 0 aliphatic carbocycles. The minimum atomic E-state index is -4.55. The van der Waals surface area contributed by atoms with Crippen molar-refractivity contribution in [3.8, 4) is 0 Å². The summed E-state index contributed by atoms with van der Waals surface area (Å²) in [6, 6.07) is 2.92. The van der Waals surface area contributed by atoms with E-state index in [2.05, 4.69) is 15.9 Å². The van der Waals surface area contributed by atoms with Gasteiger partial charge in [-0.1, -0.05) is 15.9 Å². The molecule has 1 N–H and O–H groups in total. The lowest BCUT2D eigenvalue weighted by molar-refractivity contribution is -0.336. The maximum Gasteiger partial charge on any atom is 0.316 e. The van der Waals surface area contributed by atoms with Gasteiger partial charge >= 0.3 is 5.92 Å². The Morgan fingerprint density at radius 1 is 1.50 bits per heavy atom. The molecule has 0 aliphatic rings. The lowest BCUT2D eigenvalue weighted by Gasteiger charge is -2.23. The molecule has 88 valence electrons. The summed E-state index contributed by atoms with van der Waals surface area (Å²) >= 11 is 2.88. The predicted molar refractivity (Wildman–Crippen MR) is 49.0 cm³/mol. The molecule has 7 heteroatoms. The number of rotatable bonds is 3. The summed E-state index contributed by atoms with van der Waals surface area (Å²) < 4.78 is 39.0. The first kappa shape index (κ1) is 13.0. The second-order valence-electron chi connectivity index (χ2n) is 2.98. The van der Waals surface area contributed by atoms with Crippen LogP contribution < -0.4 is 5.11 Å². The Morgan fingerprint density at radius 3 is 2.56 bits per heavy atom. The molecule has 1 aromatic rings. The van der Waals surface area contributed by atoms with Crippen LogP contribution in [0.1, 0.15) is 11.7 Å². The van der Waals surface area contributed by atoms with E-state index < -0.39 is 29.4 Å². The van der Waals surface area contributed by atoms with Gasteiger partial charge in [0.05, 0.1) is 0 Å². The van der Waals surface area contributed by atoms with Gasteiger partial charge in [0, 0.05) is 10.0 Å². The van der Waals surface area contributed by atoms with Crippen molar-refractivity contribution in [2.24, 2.45) is 0 Å². The molecule has 0 saturated carbocycles. The molecule has 16 heavy (non-hydrogen) atoms. The van der Waals surface area contributed by atoms with Crippen LogP contribution in [0.5, 0.6) is 0 Å². The number of alkyl halides is 2. The van der Waals surface area contributed by atoms with Crippen LogP contribution in [0, 0.1) is 5.82 Å². The van der Waals surface area contributed by atoms with E-state index in [1.54, 1.807) is 0 Å².